The highest BCUT2D eigenvalue weighted by Gasteiger charge is 2.11. The van der Waals surface area contributed by atoms with Gasteiger partial charge in [0.25, 0.3) is 0 Å². The van der Waals surface area contributed by atoms with Gasteiger partial charge in [0, 0.05) is 4.47 Å². The van der Waals surface area contributed by atoms with Crippen molar-refractivity contribution in [1.82, 2.24) is 0 Å². The highest BCUT2D eigenvalue weighted by molar-refractivity contribution is 9.10. The minimum Gasteiger partial charge on any atom is -0.330 e. The Labute approximate surface area is 125 Å². The molecule has 0 radical (unpaired) electrons. The van der Waals surface area contributed by atoms with E-state index in [4.69, 9.17) is 5.73 Å². The third-order valence-electron chi connectivity index (χ3n) is 3.19. The lowest BCUT2D eigenvalue weighted by molar-refractivity contribution is 0.527. The molecule has 2 aromatic carbocycles. The fourth-order valence-electron chi connectivity index (χ4n) is 2.30. The third-order valence-corrected chi connectivity index (χ3v) is 3.65. The first-order chi connectivity index (χ1) is 9.56. The van der Waals surface area contributed by atoms with Gasteiger partial charge in [0.1, 0.15) is 11.6 Å². The molecule has 1 nitrogen and oxygen atoms in total. The zero-order valence-electron chi connectivity index (χ0n) is 11.0. The molecule has 0 bridgehead atoms. The Bertz CT molecular complexity index is 566. The second-order valence-corrected chi connectivity index (χ2v) is 5.83. The minimum absolute atomic E-state index is 0.158. The first-order valence-corrected chi connectivity index (χ1v) is 7.25. The Morgan fingerprint density at radius 2 is 1.65 bits per heavy atom. The number of hydrogen-bond acceptors (Lipinski definition) is 1. The first kappa shape index (κ1) is 15.1. The predicted molar refractivity (Wildman–Crippen MR) is 80.5 cm³/mol. The Hall–Kier alpha value is -1.26. The fraction of sp³-hybridized carbons (Fsp3) is 0.250. The Kier molecular flexibility index (Phi) is 5.26. The zero-order valence-corrected chi connectivity index (χ0v) is 12.5. The van der Waals surface area contributed by atoms with Crippen LogP contribution in [0.3, 0.4) is 0 Å². The molecule has 0 aromatic heterocycles. The van der Waals surface area contributed by atoms with Crippen LogP contribution < -0.4 is 5.73 Å². The quantitative estimate of drug-likeness (QED) is 0.872. The van der Waals surface area contributed by atoms with Crippen LogP contribution in [-0.4, -0.2) is 6.54 Å². The molecule has 0 fully saturated rings. The highest BCUT2D eigenvalue weighted by atomic mass is 79.9. The van der Waals surface area contributed by atoms with E-state index in [9.17, 15) is 8.78 Å². The summed E-state index contributed by atoms with van der Waals surface area (Å²) < 4.78 is 27.2. The van der Waals surface area contributed by atoms with Crippen molar-refractivity contribution in [2.45, 2.75) is 12.8 Å². The standard InChI is InChI=1S/C16H16BrF2N/c17-14-6-12(8-16(19)9-14)5-13(10-20)4-11-2-1-3-15(18)7-11/h1-3,6-9,13H,4-5,10,20H2. The number of benzene rings is 2. The van der Waals surface area contributed by atoms with Crippen molar-refractivity contribution < 1.29 is 8.78 Å². The molecule has 2 rings (SSSR count). The summed E-state index contributed by atoms with van der Waals surface area (Å²) in [5.74, 6) is -0.354. The molecular formula is C16H16BrF2N. The van der Waals surface area contributed by atoms with Crippen LogP contribution in [0, 0.1) is 17.6 Å². The topological polar surface area (TPSA) is 26.0 Å². The van der Waals surface area contributed by atoms with Crippen LogP contribution in [-0.2, 0) is 12.8 Å². The van der Waals surface area contributed by atoms with E-state index in [2.05, 4.69) is 15.9 Å². The maximum Gasteiger partial charge on any atom is 0.124 e. The Morgan fingerprint density at radius 1 is 0.950 bits per heavy atom. The smallest absolute Gasteiger partial charge is 0.124 e. The average Bonchev–Trinajstić information content (AvgIpc) is 2.36. The van der Waals surface area contributed by atoms with Gasteiger partial charge in [-0.1, -0.05) is 28.1 Å². The lowest BCUT2D eigenvalue weighted by Gasteiger charge is -2.15. The predicted octanol–water partition coefficient (Wildman–Crippen LogP) is 4.09. The summed E-state index contributed by atoms with van der Waals surface area (Å²) in [6, 6.07) is 11.3. The highest BCUT2D eigenvalue weighted by Crippen LogP contribution is 2.19. The van der Waals surface area contributed by atoms with Crippen molar-refractivity contribution in [3.8, 4) is 0 Å². The number of nitrogens with two attached hydrogens (primary N) is 1. The van der Waals surface area contributed by atoms with E-state index in [0.29, 0.717) is 23.9 Å². The SMILES string of the molecule is NCC(Cc1cccc(F)c1)Cc1cc(F)cc(Br)c1. The van der Waals surface area contributed by atoms with E-state index in [-0.39, 0.29) is 17.6 Å². The largest absolute Gasteiger partial charge is 0.330 e. The van der Waals surface area contributed by atoms with E-state index in [0.717, 1.165) is 11.1 Å². The normalized spacial score (nSPS) is 12.4. The summed E-state index contributed by atoms with van der Waals surface area (Å²) in [5.41, 5.74) is 7.59. The Morgan fingerprint density at radius 3 is 2.30 bits per heavy atom. The average molecular weight is 340 g/mol. The molecule has 0 aliphatic carbocycles. The molecule has 0 aliphatic rings. The second kappa shape index (κ2) is 6.95. The number of rotatable bonds is 5. The summed E-state index contributed by atoms with van der Waals surface area (Å²) in [7, 11) is 0. The minimum atomic E-state index is -0.268. The summed E-state index contributed by atoms with van der Waals surface area (Å²) in [5, 5.41) is 0. The molecular weight excluding hydrogens is 324 g/mol. The van der Waals surface area contributed by atoms with E-state index < -0.39 is 0 Å². The van der Waals surface area contributed by atoms with E-state index in [1.807, 2.05) is 12.1 Å². The van der Waals surface area contributed by atoms with Gasteiger partial charge in [-0.15, -0.1) is 0 Å². The van der Waals surface area contributed by atoms with Crippen LogP contribution in [0.25, 0.3) is 0 Å². The molecule has 0 aliphatic heterocycles. The molecule has 2 aromatic rings. The molecule has 0 spiro atoms. The van der Waals surface area contributed by atoms with Gasteiger partial charge in [0.05, 0.1) is 0 Å². The summed E-state index contributed by atoms with van der Waals surface area (Å²) in [4.78, 5) is 0. The van der Waals surface area contributed by atoms with Crippen molar-refractivity contribution in [3.63, 3.8) is 0 Å². The summed E-state index contributed by atoms with van der Waals surface area (Å²) >= 11 is 3.28. The lowest BCUT2D eigenvalue weighted by Crippen LogP contribution is -2.19. The maximum atomic E-state index is 13.4. The van der Waals surface area contributed by atoms with Gasteiger partial charge in [0.2, 0.25) is 0 Å². The van der Waals surface area contributed by atoms with Gasteiger partial charge in [-0.3, -0.25) is 0 Å². The number of hydrogen-bond donors (Lipinski definition) is 1. The van der Waals surface area contributed by atoms with Crippen LogP contribution in [0.4, 0.5) is 8.78 Å². The van der Waals surface area contributed by atoms with Gasteiger partial charge in [-0.05, 0) is 66.8 Å². The first-order valence-electron chi connectivity index (χ1n) is 6.46. The van der Waals surface area contributed by atoms with Crippen molar-refractivity contribution in [1.29, 1.82) is 0 Å². The van der Waals surface area contributed by atoms with Crippen LogP contribution in [0.15, 0.2) is 46.9 Å². The van der Waals surface area contributed by atoms with E-state index in [1.54, 1.807) is 6.07 Å². The van der Waals surface area contributed by atoms with Crippen LogP contribution in [0.5, 0.6) is 0 Å². The van der Waals surface area contributed by atoms with E-state index >= 15 is 0 Å². The van der Waals surface area contributed by atoms with E-state index in [1.165, 1.54) is 24.3 Å². The van der Waals surface area contributed by atoms with Gasteiger partial charge >= 0.3 is 0 Å². The molecule has 20 heavy (non-hydrogen) atoms. The number of halogens is 3. The molecule has 106 valence electrons. The van der Waals surface area contributed by atoms with Crippen molar-refractivity contribution in [2.24, 2.45) is 11.7 Å². The van der Waals surface area contributed by atoms with Gasteiger partial charge in [0.15, 0.2) is 0 Å². The molecule has 2 N–H and O–H groups in total. The maximum absolute atomic E-state index is 13.4. The van der Waals surface area contributed by atoms with Crippen molar-refractivity contribution in [3.05, 3.63) is 69.7 Å². The Balaban J connectivity index is 2.09. The zero-order chi connectivity index (χ0) is 14.5. The summed E-state index contributed by atoms with van der Waals surface area (Å²) in [6.45, 7) is 0.477. The van der Waals surface area contributed by atoms with Gasteiger partial charge < -0.3 is 5.73 Å². The fourth-order valence-corrected chi connectivity index (χ4v) is 2.81. The van der Waals surface area contributed by atoms with Crippen molar-refractivity contribution in [2.75, 3.05) is 6.54 Å². The molecule has 1 atom stereocenters. The van der Waals surface area contributed by atoms with Gasteiger partial charge in [-0.2, -0.15) is 0 Å². The van der Waals surface area contributed by atoms with Crippen molar-refractivity contribution >= 4 is 15.9 Å². The monoisotopic (exact) mass is 339 g/mol. The lowest BCUT2D eigenvalue weighted by atomic mass is 9.92. The molecule has 0 amide bonds. The van der Waals surface area contributed by atoms with Crippen LogP contribution in [0.2, 0.25) is 0 Å². The van der Waals surface area contributed by atoms with Crippen LogP contribution >= 0.6 is 15.9 Å². The van der Waals surface area contributed by atoms with Crippen LogP contribution in [0.1, 0.15) is 11.1 Å². The third kappa shape index (κ3) is 4.39. The molecule has 0 heterocycles. The molecule has 1 unspecified atom stereocenters. The molecule has 4 heteroatoms. The molecule has 0 saturated heterocycles. The van der Waals surface area contributed by atoms with Gasteiger partial charge in [-0.25, -0.2) is 8.78 Å². The second-order valence-electron chi connectivity index (χ2n) is 4.92. The summed E-state index contributed by atoms with van der Waals surface area (Å²) in [6.07, 6.45) is 1.35. The molecule has 0 saturated carbocycles.